The van der Waals surface area contributed by atoms with Gasteiger partial charge in [-0.05, 0) is 79.6 Å². The van der Waals surface area contributed by atoms with Crippen molar-refractivity contribution >= 4 is 0 Å². The molecular formula is C35H32N4. The van der Waals surface area contributed by atoms with Gasteiger partial charge in [-0.1, -0.05) is 72.8 Å². The molecule has 0 fully saturated rings. The third kappa shape index (κ3) is 4.70. The summed E-state index contributed by atoms with van der Waals surface area (Å²) in [4.78, 5) is 9.49. The molecule has 2 aromatic heterocycles. The van der Waals surface area contributed by atoms with Crippen LogP contribution in [-0.4, -0.2) is 19.1 Å². The summed E-state index contributed by atoms with van der Waals surface area (Å²) in [6.45, 7) is 8.62. The van der Waals surface area contributed by atoms with Crippen LogP contribution in [0.15, 0.2) is 110 Å². The third-order valence-electron chi connectivity index (χ3n) is 7.42. The Kier molecular flexibility index (Phi) is 6.45. The molecule has 4 heteroatoms. The average molecular weight is 509 g/mol. The third-order valence-corrected chi connectivity index (χ3v) is 7.42. The molecule has 0 bridgehead atoms. The summed E-state index contributed by atoms with van der Waals surface area (Å²) in [7, 11) is 0. The Labute approximate surface area is 230 Å². The molecule has 0 N–H and O–H groups in total. The van der Waals surface area contributed by atoms with E-state index in [2.05, 4.69) is 134 Å². The number of imidazole rings is 2. The summed E-state index contributed by atoms with van der Waals surface area (Å²) in [6.07, 6.45) is 8.71. The Bertz CT molecular complexity index is 1610. The highest BCUT2D eigenvalue weighted by atomic mass is 15.1. The summed E-state index contributed by atoms with van der Waals surface area (Å²) >= 11 is 0. The van der Waals surface area contributed by atoms with Crippen molar-refractivity contribution < 1.29 is 0 Å². The second kappa shape index (κ2) is 10.2. The van der Waals surface area contributed by atoms with Crippen LogP contribution in [0, 0.1) is 27.7 Å². The zero-order valence-electron chi connectivity index (χ0n) is 22.9. The van der Waals surface area contributed by atoms with Crippen LogP contribution in [0.3, 0.4) is 0 Å². The fraction of sp³-hybridized carbons (Fsp3) is 0.143. The lowest BCUT2D eigenvalue weighted by Gasteiger charge is -2.15. The fourth-order valence-corrected chi connectivity index (χ4v) is 5.64. The first kappa shape index (κ1) is 24.6. The lowest BCUT2D eigenvalue weighted by Crippen LogP contribution is -2.02. The first-order valence-electron chi connectivity index (χ1n) is 13.4. The molecule has 39 heavy (non-hydrogen) atoms. The average Bonchev–Trinajstić information content (AvgIpc) is 3.60. The van der Waals surface area contributed by atoms with Crippen molar-refractivity contribution in [2.45, 2.75) is 34.1 Å². The minimum Gasteiger partial charge on any atom is -0.299 e. The lowest BCUT2D eigenvalue weighted by atomic mass is 10.0. The van der Waals surface area contributed by atoms with Gasteiger partial charge in [0.05, 0.1) is 11.4 Å². The lowest BCUT2D eigenvalue weighted by molar-refractivity contribution is 1.03. The molecule has 4 aromatic carbocycles. The van der Waals surface area contributed by atoms with Gasteiger partial charge in [-0.3, -0.25) is 9.13 Å². The van der Waals surface area contributed by atoms with Crippen molar-refractivity contribution in [3.8, 4) is 34.2 Å². The van der Waals surface area contributed by atoms with E-state index in [1.54, 1.807) is 0 Å². The quantitative estimate of drug-likeness (QED) is 0.227. The Balaban J connectivity index is 1.32. The van der Waals surface area contributed by atoms with Crippen LogP contribution in [0.4, 0.5) is 0 Å². The number of aromatic nitrogens is 4. The Morgan fingerprint density at radius 1 is 0.513 bits per heavy atom. The van der Waals surface area contributed by atoms with Crippen molar-refractivity contribution in [3.05, 3.63) is 143 Å². The summed E-state index contributed by atoms with van der Waals surface area (Å²) in [5, 5.41) is 0. The maximum absolute atomic E-state index is 4.75. The highest BCUT2D eigenvalue weighted by Crippen LogP contribution is 2.29. The van der Waals surface area contributed by atoms with E-state index in [1.165, 1.54) is 44.8 Å². The summed E-state index contributed by atoms with van der Waals surface area (Å²) in [5.74, 6) is 1.91. The van der Waals surface area contributed by atoms with Crippen molar-refractivity contribution in [1.29, 1.82) is 0 Å². The van der Waals surface area contributed by atoms with Crippen LogP contribution in [0.5, 0.6) is 0 Å². The zero-order chi connectivity index (χ0) is 26.9. The zero-order valence-corrected chi connectivity index (χ0v) is 22.9. The number of benzene rings is 4. The number of hydrogen-bond donors (Lipinski definition) is 0. The molecule has 6 rings (SSSR count). The number of hydrogen-bond acceptors (Lipinski definition) is 2. The molecule has 0 saturated carbocycles. The summed E-state index contributed by atoms with van der Waals surface area (Å²) < 4.78 is 4.41. The molecular weight excluding hydrogens is 476 g/mol. The van der Waals surface area contributed by atoms with Gasteiger partial charge >= 0.3 is 0 Å². The van der Waals surface area contributed by atoms with Gasteiger partial charge in [0.1, 0.15) is 11.6 Å². The first-order valence-corrected chi connectivity index (χ1v) is 13.4. The molecule has 0 radical (unpaired) electrons. The minimum absolute atomic E-state index is 0.829. The van der Waals surface area contributed by atoms with Crippen molar-refractivity contribution in [3.63, 3.8) is 0 Å². The predicted octanol–water partition coefficient (Wildman–Crippen LogP) is 8.22. The maximum atomic E-state index is 4.75. The monoisotopic (exact) mass is 508 g/mol. The number of para-hydroxylation sites is 2. The molecule has 192 valence electrons. The Hall–Kier alpha value is -4.70. The molecule has 0 atom stereocenters. The maximum Gasteiger partial charge on any atom is 0.144 e. The highest BCUT2D eigenvalue weighted by molar-refractivity contribution is 5.64. The van der Waals surface area contributed by atoms with Gasteiger partial charge in [-0.2, -0.15) is 0 Å². The Morgan fingerprint density at radius 3 is 1.31 bits per heavy atom. The molecule has 2 heterocycles. The van der Waals surface area contributed by atoms with E-state index >= 15 is 0 Å². The van der Waals surface area contributed by atoms with Crippen molar-refractivity contribution in [1.82, 2.24) is 19.1 Å². The van der Waals surface area contributed by atoms with Crippen LogP contribution < -0.4 is 0 Å². The molecule has 0 aliphatic rings. The van der Waals surface area contributed by atoms with Gasteiger partial charge in [0.15, 0.2) is 0 Å². The van der Waals surface area contributed by atoms with Gasteiger partial charge in [0.2, 0.25) is 0 Å². The molecule has 0 aliphatic heterocycles. The second-order valence-corrected chi connectivity index (χ2v) is 10.3. The standard InChI is InChI=1S/C35H32N4/c1-24-9-5-10-25(2)32(24)38-19-17-36-34(38)30-15-7-13-28(22-30)21-29-14-8-16-31(23-29)35-37-18-20-39(35)33-26(3)11-6-12-27(33)4/h5-20,22-23H,21H2,1-4H3. The molecule has 4 nitrogen and oxygen atoms in total. The fourth-order valence-electron chi connectivity index (χ4n) is 5.64. The van der Waals surface area contributed by atoms with E-state index in [9.17, 15) is 0 Å². The van der Waals surface area contributed by atoms with Gasteiger partial charge in [-0.25, -0.2) is 9.97 Å². The summed E-state index contributed by atoms with van der Waals surface area (Å²) in [5.41, 5.74) is 12.1. The largest absolute Gasteiger partial charge is 0.299 e. The molecule has 0 unspecified atom stereocenters. The normalized spacial score (nSPS) is 11.2. The van der Waals surface area contributed by atoms with Crippen LogP contribution >= 0.6 is 0 Å². The highest BCUT2D eigenvalue weighted by Gasteiger charge is 2.14. The van der Waals surface area contributed by atoms with Gasteiger partial charge in [-0.15, -0.1) is 0 Å². The number of nitrogens with zero attached hydrogens (tertiary/aromatic N) is 4. The number of rotatable bonds is 6. The Morgan fingerprint density at radius 2 is 0.897 bits per heavy atom. The molecule has 0 aliphatic carbocycles. The smallest absolute Gasteiger partial charge is 0.144 e. The van der Waals surface area contributed by atoms with E-state index in [0.717, 1.165) is 29.2 Å². The number of aryl methyl sites for hydroxylation is 4. The van der Waals surface area contributed by atoms with E-state index in [4.69, 9.17) is 9.97 Å². The van der Waals surface area contributed by atoms with E-state index in [1.807, 2.05) is 12.4 Å². The van der Waals surface area contributed by atoms with Crippen molar-refractivity contribution in [2.24, 2.45) is 0 Å². The van der Waals surface area contributed by atoms with E-state index in [-0.39, 0.29) is 0 Å². The topological polar surface area (TPSA) is 35.6 Å². The van der Waals surface area contributed by atoms with Gasteiger partial charge in [0, 0.05) is 35.9 Å². The van der Waals surface area contributed by atoms with Gasteiger partial charge < -0.3 is 0 Å². The van der Waals surface area contributed by atoms with Crippen LogP contribution in [0.25, 0.3) is 34.2 Å². The predicted molar refractivity (Wildman–Crippen MR) is 160 cm³/mol. The summed E-state index contributed by atoms with van der Waals surface area (Å²) in [6, 6.07) is 30.3. The van der Waals surface area contributed by atoms with Crippen LogP contribution in [0.1, 0.15) is 33.4 Å². The van der Waals surface area contributed by atoms with E-state index < -0.39 is 0 Å². The molecule has 0 saturated heterocycles. The molecule has 0 spiro atoms. The van der Waals surface area contributed by atoms with E-state index in [0.29, 0.717) is 0 Å². The molecule has 0 amide bonds. The molecule has 6 aromatic rings. The van der Waals surface area contributed by atoms with Crippen molar-refractivity contribution in [2.75, 3.05) is 0 Å². The van der Waals surface area contributed by atoms with Gasteiger partial charge in [0.25, 0.3) is 0 Å². The van der Waals surface area contributed by atoms with Crippen LogP contribution in [-0.2, 0) is 6.42 Å². The SMILES string of the molecule is Cc1cccc(C)c1-n1ccnc1-c1cccc(Cc2cccc(-c3nccn3-c3c(C)cccc3C)c2)c1. The minimum atomic E-state index is 0.829. The van der Waals surface area contributed by atoms with Crippen LogP contribution in [0.2, 0.25) is 0 Å². The second-order valence-electron chi connectivity index (χ2n) is 10.3. The first-order chi connectivity index (χ1) is 19.0.